The lowest BCUT2D eigenvalue weighted by Gasteiger charge is -2.07. The van der Waals surface area contributed by atoms with Crippen molar-refractivity contribution in [1.82, 2.24) is 19.6 Å². The van der Waals surface area contributed by atoms with Crippen LogP contribution in [0.3, 0.4) is 0 Å². The molecule has 0 aromatic carbocycles. The van der Waals surface area contributed by atoms with Gasteiger partial charge >= 0.3 is 0 Å². The fourth-order valence-corrected chi connectivity index (χ4v) is 2.67. The van der Waals surface area contributed by atoms with Crippen molar-refractivity contribution in [2.45, 2.75) is 47.2 Å². The SMILES string of the molecule is CCc1nn(CC)c(Cn2nc(C)c(C=O)c2C)c1Cl. The minimum atomic E-state index is 0.528. The minimum absolute atomic E-state index is 0.528. The van der Waals surface area contributed by atoms with Gasteiger partial charge in [0.15, 0.2) is 6.29 Å². The van der Waals surface area contributed by atoms with Crippen molar-refractivity contribution in [2.75, 3.05) is 0 Å². The van der Waals surface area contributed by atoms with E-state index in [1.54, 1.807) is 0 Å². The zero-order valence-electron chi connectivity index (χ0n) is 12.3. The Morgan fingerprint density at radius 2 is 1.90 bits per heavy atom. The maximum Gasteiger partial charge on any atom is 0.153 e. The molecule has 0 aliphatic rings. The van der Waals surface area contributed by atoms with E-state index in [-0.39, 0.29) is 0 Å². The summed E-state index contributed by atoms with van der Waals surface area (Å²) in [4.78, 5) is 11.1. The summed E-state index contributed by atoms with van der Waals surface area (Å²) in [7, 11) is 0. The third-order valence-corrected chi connectivity index (χ3v) is 3.99. The average Bonchev–Trinajstić information content (AvgIpc) is 2.88. The van der Waals surface area contributed by atoms with Crippen LogP contribution in [0.1, 0.15) is 47.0 Å². The average molecular weight is 295 g/mol. The van der Waals surface area contributed by atoms with E-state index in [2.05, 4.69) is 10.2 Å². The highest BCUT2D eigenvalue weighted by Crippen LogP contribution is 2.23. The van der Waals surface area contributed by atoms with Crippen LogP contribution in [0.25, 0.3) is 0 Å². The largest absolute Gasteiger partial charge is 0.298 e. The molecule has 2 heterocycles. The molecule has 2 rings (SSSR count). The molecule has 108 valence electrons. The Morgan fingerprint density at radius 3 is 2.40 bits per heavy atom. The number of halogens is 1. The van der Waals surface area contributed by atoms with Gasteiger partial charge in [0.1, 0.15) is 0 Å². The van der Waals surface area contributed by atoms with E-state index in [0.29, 0.717) is 17.1 Å². The fourth-order valence-electron chi connectivity index (χ4n) is 2.35. The summed E-state index contributed by atoms with van der Waals surface area (Å²) < 4.78 is 3.71. The molecule has 0 spiro atoms. The van der Waals surface area contributed by atoms with Crippen molar-refractivity contribution in [2.24, 2.45) is 0 Å². The van der Waals surface area contributed by atoms with Gasteiger partial charge in [0.05, 0.1) is 34.2 Å². The van der Waals surface area contributed by atoms with Gasteiger partial charge in [-0.25, -0.2) is 0 Å². The van der Waals surface area contributed by atoms with Crippen LogP contribution < -0.4 is 0 Å². The van der Waals surface area contributed by atoms with Crippen molar-refractivity contribution in [1.29, 1.82) is 0 Å². The van der Waals surface area contributed by atoms with Gasteiger partial charge in [0.25, 0.3) is 0 Å². The van der Waals surface area contributed by atoms with Crippen LogP contribution >= 0.6 is 11.6 Å². The first-order chi connectivity index (χ1) is 9.53. The molecule has 0 saturated heterocycles. The lowest BCUT2D eigenvalue weighted by Crippen LogP contribution is -2.10. The van der Waals surface area contributed by atoms with Gasteiger partial charge in [-0.1, -0.05) is 18.5 Å². The van der Waals surface area contributed by atoms with Crippen LogP contribution in [0.15, 0.2) is 0 Å². The van der Waals surface area contributed by atoms with Crippen molar-refractivity contribution in [3.05, 3.63) is 33.4 Å². The van der Waals surface area contributed by atoms with Gasteiger partial charge in [-0.05, 0) is 27.2 Å². The normalized spacial score (nSPS) is 11.1. The minimum Gasteiger partial charge on any atom is -0.298 e. The molecule has 0 bridgehead atoms. The number of hydrogen-bond donors (Lipinski definition) is 0. The highest BCUT2D eigenvalue weighted by atomic mass is 35.5. The van der Waals surface area contributed by atoms with Gasteiger partial charge in [-0.2, -0.15) is 10.2 Å². The molecule has 0 saturated carbocycles. The van der Waals surface area contributed by atoms with Gasteiger partial charge < -0.3 is 0 Å². The maximum atomic E-state index is 11.1. The summed E-state index contributed by atoms with van der Waals surface area (Å²) >= 11 is 6.40. The lowest BCUT2D eigenvalue weighted by atomic mass is 10.2. The van der Waals surface area contributed by atoms with Crippen molar-refractivity contribution >= 4 is 17.9 Å². The number of rotatable bonds is 5. The van der Waals surface area contributed by atoms with E-state index < -0.39 is 0 Å². The Balaban J connectivity index is 2.44. The number of carbonyl (C=O) groups excluding carboxylic acids is 1. The standard InChI is InChI=1S/C14H19ClN4O/c1-5-12-14(15)13(18(6-2)17-12)7-19-10(4)11(8-20)9(3)16-19/h8H,5-7H2,1-4H3. The van der Waals surface area contributed by atoms with Gasteiger partial charge in [0, 0.05) is 12.2 Å². The van der Waals surface area contributed by atoms with E-state index >= 15 is 0 Å². The van der Waals surface area contributed by atoms with E-state index in [4.69, 9.17) is 11.6 Å². The summed E-state index contributed by atoms with van der Waals surface area (Å²) in [6.07, 6.45) is 1.65. The van der Waals surface area contributed by atoms with E-state index in [0.717, 1.165) is 42.0 Å². The Hall–Kier alpha value is -1.62. The number of aromatic nitrogens is 4. The number of aryl methyl sites for hydroxylation is 3. The second-order valence-electron chi connectivity index (χ2n) is 4.74. The zero-order valence-corrected chi connectivity index (χ0v) is 13.0. The van der Waals surface area contributed by atoms with Gasteiger partial charge in [0.2, 0.25) is 0 Å². The van der Waals surface area contributed by atoms with Gasteiger partial charge in [-0.15, -0.1) is 0 Å². The topological polar surface area (TPSA) is 52.7 Å². The molecule has 2 aromatic rings. The van der Waals surface area contributed by atoms with Crippen molar-refractivity contribution < 1.29 is 4.79 Å². The van der Waals surface area contributed by atoms with Gasteiger partial charge in [-0.3, -0.25) is 14.2 Å². The summed E-state index contributed by atoms with van der Waals surface area (Å²) in [5, 5.41) is 9.61. The molecule has 0 radical (unpaired) electrons. The van der Waals surface area contributed by atoms with Crippen LogP contribution in [0, 0.1) is 13.8 Å². The first kappa shape index (κ1) is 14.8. The molecular weight excluding hydrogens is 276 g/mol. The fraction of sp³-hybridized carbons (Fsp3) is 0.500. The van der Waals surface area contributed by atoms with E-state index in [1.807, 2.05) is 37.1 Å². The molecule has 6 heteroatoms. The van der Waals surface area contributed by atoms with Crippen molar-refractivity contribution in [3.63, 3.8) is 0 Å². The zero-order chi connectivity index (χ0) is 14.9. The molecular formula is C14H19ClN4O. The molecule has 20 heavy (non-hydrogen) atoms. The van der Waals surface area contributed by atoms with Crippen LogP contribution in [-0.2, 0) is 19.5 Å². The van der Waals surface area contributed by atoms with Crippen LogP contribution in [-0.4, -0.2) is 25.8 Å². The quantitative estimate of drug-likeness (QED) is 0.797. The summed E-state index contributed by atoms with van der Waals surface area (Å²) in [5.74, 6) is 0. The third-order valence-electron chi connectivity index (χ3n) is 3.55. The van der Waals surface area contributed by atoms with Crippen LogP contribution in [0.5, 0.6) is 0 Å². The molecule has 0 amide bonds. The maximum absolute atomic E-state index is 11.1. The monoisotopic (exact) mass is 294 g/mol. The number of carbonyl (C=O) groups is 1. The first-order valence-electron chi connectivity index (χ1n) is 6.76. The number of aldehydes is 1. The van der Waals surface area contributed by atoms with E-state index in [9.17, 15) is 4.79 Å². The molecule has 0 unspecified atom stereocenters. The Kier molecular flexibility index (Phi) is 4.28. The first-order valence-corrected chi connectivity index (χ1v) is 7.14. The second-order valence-corrected chi connectivity index (χ2v) is 5.11. The molecule has 0 aliphatic heterocycles. The second kappa shape index (κ2) is 5.79. The Bertz CT molecular complexity index is 642. The molecule has 0 aliphatic carbocycles. The summed E-state index contributed by atoms with van der Waals surface area (Å²) in [6, 6.07) is 0. The molecule has 0 fully saturated rings. The van der Waals surface area contributed by atoms with Crippen LogP contribution in [0.2, 0.25) is 5.02 Å². The smallest absolute Gasteiger partial charge is 0.153 e. The number of hydrogen-bond acceptors (Lipinski definition) is 3. The highest BCUT2D eigenvalue weighted by Gasteiger charge is 2.17. The van der Waals surface area contributed by atoms with E-state index in [1.165, 1.54) is 0 Å². The summed E-state index contributed by atoms with van der Waals surface area (Å²) in [5.41, 5.74) is 4.09. The third kappa shape index (κ3) is 2.38. The Morgan fingerprint density at radius 1 is 1.20 bits per heavy atom. The Labute approximate surface area is 123 Å². The van der Waals surface area contributed by atoms with Crippen LogP contribution in [0.4, 0.5) is 0 Å². The molecule has 5 nitrogen and oxygen atoms in total. The predicted octanol–water partition coefficient (Wildman–Crippen LogP) is 2.79. The molecule has 0 atom stereocenters. The molecule has 2 aromatic heterocycles. The highest BCUT2D eigenvalue weighted by molar-refractivity contribution is 6.31. The summed E-state index contributed by atoms with van der Waals surface area (Å²) in [6.45, 7) is 9.08. The number of nitrogens with zero attached hydrogens (tertiary/aromatic N) is 4. The molecule has 0 N–H and O–H groups in total. The predicted molar refractivity (Wildman–Crippen MR) is 78.5 cm³/mol. The van der Waals surface area contributed by atoms with Crippen molar-refractivity contribution in [3.8, 4) is 0 Å². The lowest BCUT2D eigenvalue weighted by molar-refractivity contribution is 0.112.